The minimum absolute atomic E-state index is 0. The molecule has 0 heterocycles. The molecule has 0 atom stereocenters. The number of carboxylic acid groups (broad SMARTS) is 1. The first kappa shape index (κ1) is 14.0. The van der Waals surface area contributed by atoms with Crippen molar-refractivity contribution in [3.8, 4) is 0 Å². The molecule has 0 bridgehead atoms. The molecular formula is C6H13ClN2O2S. The fourth-order valence-corrected chi connectivity index (χ4v) is 0.715. The van der Waals surface area contributed by atoms with E-state index in [1.54, 1.807) is 0 Å². The number of nitrogens with one attached hydrogen (secondary N) is 1. The summed E-state index contributed by atoms with van der Waals surface area (Å²) in [5, 5.41) is 11.3. The molecule has 0 aliphatic carbocycles. The largest absolute Gasteiger partial charge is 0.481 e. The van der Waals surface area contributed by atoms with Crippen molar-refractivity contribution in [1.29, 1.82) is 0 Å². The molecule has 0 fully saturated rings. The Morgan fingerprint density at radius 1 is 1.50 bits per heavy atom. The van der Waals surface area contributed by atoms with E-state index in [1.807, 2.05) is 0 Å². The topological polar surface area (TPSA) is 75.3 Å². The van der Waals surface area contributed by atoms with E-state index in [2.05, 4.69) is 17.5 Å². The molecule has 0 radical (unpaired) electrons. The highest BCUT2D eigenvalue weighted by Gasteiger charge is 1.95. The minimum Gasteiger partial charge on any atom is -0.481 e. The second-order valence-electron chi connectivity index (χ2n) is 2.14. The predicted molar refractivity (Wildman–Crippen MR) is 53.5 cm³/mol. The summed E-state index contributed by atoms with van der Waals surface area (Å²) >= 11 is 4.55. The molecule has 0 rings (SSSR count). The highest BCUT2D eigenvalue weighted by atomic mass is 35.5. The average Bonchev–Trinajstić information content (AvgIpc) is 1.85. The van der Waals surface area contributed by atoms with E-state index in [1.165, 1.54) is 0 Å². The van der Waals surface area contributed by atoms with Gasteiger partial charge in [-0.05, 0) is 25.1 Å². The van der Waals surface area contributed by atoms with Crippen molar-refractivity contribution in [2.45, 2.75) is 19.3 Å². The lowest BCUT2D eigenvalue weighted by Crippen LogP contribution is -2.29. The normalized spacial score (nSPS) is 8.33. The molecule has 0 aliphatic rings. The van der Waals surface area contributed by atoms with E-state index in [0.29, 0.717) is 13.0 Å². The van der Waals surface area contributed by atoms with Crippen LogP contribution in [0.25, 0.3) is 0 Å². The number of carboxylic acids is 1. The quantitative estimate of drug-likeness (QED) is 0.457. The Labute approximate surface area is 82.9 Å². The Balaban J connectivity index is 0. The summed E-state index contributed by atoms with van der Waals surface area (Å²) < 4.78 is 0. The van der Waals surface area contributed by atoms with Crippen molar-refractivity contribution >= 4 is 35.7 Å². The molecule has 0 spiro atoms. The number of hydrogen-bond acceptors (Lipinski definition) is 2. The second-order valence-corrected chi connectivity index (χ2v) is 2.58. The zero-order valence-electron chi connectivity index (χ0n) is 6.58. The number of unbranched alkanes of at least 4 members (excludes halogenated alkanes) is 1. The number of rotatable bonds is 5. The van der Waals surface area contributed by atoms with Gasteiger partial charge in [0.05, 0.1) is 0 Å². The van der Waals surface area contributed by atoms with E-state index in [-0.39, 0.29) is 23.9 Å². The summed E-state index contributed by atoms with van der Waals surface area (Å²) in [6.45, 7) is 0.655. The Hall–Kier alpha value is -0.550. The molecule has 0 amide bonds. The molecular weight excluding hydrogens is 200 g/mol. The number of aliphatic carboxylic acids is 1. The number of thiocarbonyl (C=S) groups is 1. The molecule has 0 saturated heterocycles. The van der Waals surface area contributed by atoms with E-state index in [0.717, 1.165) is 6.42 Å². The lowest BCUT2D eigenvalue weighted by atomic mass is 10.2. The molecule has 0 saturated carbocycles. The van der Waals surface area contributed by atoms with Crippen LogP contribution in [0.5, 0.6) is 0 Å². The van der Waals surface area contributed by atoms with Crippen LogP contribution in [0, 0.1) is 0 Å². The van der Waals surface area contributed by atoms with Gasteiger partial charge in [0.2, 0.25) is 0 Å². The molecule has 4 nitrogen and oxygen atoms in total. The molecule has 6 heteroatoms. The molecule has 0 aromatic rings. The summed E-state index contributed by atoms with van der Waals surface area (Å²) in [6.07, 6.45) is 1.65. The van der Waals surface area contributed by atoms with Crippen LogP contribution in [0.3, 0.4) is 0 Å². The van der Waals surface area contributed by atoms with Gasteiger partial charge in [0.15, 0.2) is 5.11 Å². The number of halogens is 1. The zero-order chi connectivity index (χ0) is 8.69. The van der Waals surface area contributed by atoms with Gasteiger partial charge in [-0.3, -0.25) is 4.79 Å². The van der Waals surface area contributed by atoms with Gasteiger partial charge in [-0.1, -0.05) is 0 Å². The minimum atomic E-state index is -0.764. The summed E-state index contributed by atoms with van der Waals surface area (Å²) in [6, 6.07) is 0. The van der Waals surface area contributed by atoms with Crippen LogP contribution < -0.4 is 11.1 Å². The van der Waals surface area contributed by atoms with E-state index in [4.69, 9.17) is 10.8 Å². The standard InChI is InChI=1S/C6H12N2O2S.ClH/c7-6(11)8-4-2-1-3-5(9)10;/h1-4H2,(H,9,10)(H3,7,8,11);1H. The van der Waals surface area contributed by atoms with Crippen LogP contribution >= 0.6 is 24.6 Å². The summed E-state index contributed by atoms with van der Waals surface area (Å²) in [5.74, 6) is -0.764. The van der Waals surface area contributed by atoms with Gasteiger partial charge in [-0.25, -0.2) is 0 Å². The molecule has 72 valence electrons. The highest BCUT2D eigenvalue weighted by molar-refractivity contribution is 7.80. The maximum atomic E-state index is 10.0. The van der Waals surface area contributed by atoms with Gasteiger partial charge in [0.1, 0.15) is 0 Å². The zero-order valence-corrected chi connectivity index (χ0v) is 8.21. The number of carbonyl (C=O) groups is 1. The smallest absolute Gasteiger partial charge is 0.303 e. The van der Waals surface area contributed by atoms with Crippen LogP contribution in [0.4, 0.5) is 0 Å². The third-order valence-electron chi connectivity index (χ3n) is 1.12. The van der Waals surface area contributed by atoms with Gasteiger partial charge >= 0.3 is 5.97 Å². The molecule has 4 N–H and O–H groups in total. The molecule has 0 aliphatic heterocycles. The SMILES string of the molecule is Cl.NC(=S)NCCCCC(=O)O. The van der Waals surface area contributed by atoms with Crippen molar-refractivity contribution in [3.63, 3.8) is 0 Å². The van der Waals surface area contributed by atoms with Crippen LogP contribution in [0.2, 0.25) is 0 Å². The molecule has 0 aromatic heterocycles. The summed E-state index contributed by atoms with van der Waals surface area (Å²) in [5.41, 5.74) is 5.14. The van der Waals surface area contributed by atoms with Gasteiger partial charge in [-0.2, -0.15) is 0 Å². The molecule has 12 heavy (non-hydrogen) atoms. The van der Waals surface area contributed by atoms with Gasteiger partial charge in [0, 0.05) is 13.0 Å². The molecule has 0 unspecified atom stereocenters. The fraction of sp³-hybridized carbons (Fsp3) is 0.667. The van der Waals surface area contributed by atoms with Crippen molar-refractivity contribution < 1.29 is 9.90 Å². The van der Waals surface area contributed by atoms with E-state index in [9.17, 15) is 4.79 Å². The van der Waals surface area contributed by atoms with E-state index >= 15 is 0 Å². The van der Waals surface area contributed by atoms with Crippen LogP contribution in [0.15, 0.2) is 0 Å². The maximum absolute atomic E-state index is 10.0. The van der Waals surface area contributed by atoms with Crippen molar-refractivity contribution in [3.05, 3.63) is 0 Å². The lowest BCUT2D eigenvalue weighted by molar-refractivity contribution is -0.137. The Morgan fingerprint density at radius 3 is 2.50 bits per heavy atom. The lowest BCUT2D eigenvalue weighted by Gasteiger charge is -2.00. The number of nitrogens with two attached hydrogens (primary N) is 1. The Morgan fingerprint density at radius 2 is 2.08 bits per heavy atom. The van der Waals surface area contributed by atoms with Crippen LogP contribution in [-0.2, 0) is 4.79 Å². The Bertz CT molecular complexity index is 138. The third-order valence-corrected chi connectivity index (χ3v) is 1.26. The average molecular weight is 213 g/mol. The van der Waals surface area contributed by atoms with Gasteiger partial charge < -0.3 is 16.2 Å². The van der Waals surface area contributed by atoms with Gasteiger partial charge in [0.25, 0.3) is 0 Å². The first-order valence-corrected chi connectivity index (χ1v) is 3.79. The van der Waals surface area contributed by atoms with E-state index < -0.39 is 5.97 Å². The maximum Gasteiger partial charge on any atom is 0.303 e. The van der Waals surface area contributed by atoms with Crippen molar-refractivity contribution in [2.75, 3.05) is 6.54 Å². The monoisotopic (exact) mass is 212 g/mol. The first-order chi connectivity index (χ1) is 5.13. The Kier molecular flexibility index (Phi) is 9.97. The fourth-order valence-electron chi connectivity index (χ4n) is 0.613. The molecule has 0 aromatic carbocycles. The van der Waals surface area contributed by atoms with Gasteiger partial charge in [-0.15, -0.1) is 12.4 Å². The predicted octanol–water partition coefficient (Wildman–Crippen LogP) is 0.496. The number of hydrogen-bond donors (Lipinski definition) is 3. The van der Waals surface area contributed by atoms with Crippen LogP contribution in [0.1, 0.15) is 19.3 Å². The first-order valence-electron chi connectivity index (χ1n) is 3.38. The summed E-state index contributed by atoms with van der Waals surface area (Å²) in [7, 11) is 0. The van der Waals surface area contributed by atoms with Crippen molar-refractivity contribution in [2.24, 2.45) is 5.73 Å². The summed E-state index contributed by atoms with van der Waals surface area (Å²) in [4.78, 5) is 10.0. The third kappa shape index (κ3) is 12.2. The highest BCUT2D eigenvalue weighted by Crippen LogP contribution is 1.92. The second kappa shape index (κ2) is 8.55. The van der Waals surface area contributed by atoms with Crippen molar-refractivity contribution in [1.82, 2.24) is 5.32 Å². The van der Waals surface area contributed by atoms with Crippen LogP contribution in [-0.4, -0.2) is 22.7 Å².